The highest BCUT2D eigenvalue weighted by Crippen LogP contribution is 2.45. The average Bonchev–Trinajstić information content (AvgIpc) is 3.75. The molecular weight excluding hydrogens is 653 g/mol. The third-order valence-electron chi connectivity index (χ3n) is 12.6. The van der Waals surface area contributed by atoms with Crippen molar-refractivity contribution in [3.8, 4) is 17.3 Å². The lowest BCUT2D eigenvalue weighted by atomic mass is 9.95. The minimum absolute atomic E-state index is 0.0776. The number of pyridine rings is 1. The maximum absolute atomic E-state index is 16.9. The van der Waals surface area contributed by atoms with Crippen molar-refractivity contribution in [2.45, 2.75) is 95.4 Å². The van der Waals surface area contributed by atoms with Gasteiger partial charge < -0.3 is 14.1 Å². The molecule has 7 nitrogen and oxygen atoms in total. The molecule has 2 aromatic carbocycles. The molecule has 2 bridgehead atoms. The van der Waals surface area contributed by atoms with Crippen molar-refractivity contribution in [1.29, 1.82) is 0 Å². The van der Waals surface area contributed by atoms with E-state index < -0.39 is 14.1 Å². The van der Waals surface area contributed by atoms with Crippen LogP contribution in [0.2, 0.25) is 23.2 Å². The lowest BCUT2D eigenvalue weighted by Gasteiger charge is -2.39. The highest BCUT2D eigenvalue weighted by molar-refractivity contribution is 6.74. The maximum Gasteiger partial charge on any atom is 0.319 e. The van der Waals surface area contributed by atoms with Gasteiger partial charge in [-0.2, -0.15) is 9.97 Å². The number of hydrogen-bond acceptors (Lipinski definition) is 7. The van der Waals surface area contributed by atoms with E-state index in [9.17, 15) is 0 Å². The molecule has 0 N–H and O–H groups in total. The van der Waals surface area contributed by atoms with E-state index in [1.807, 2.05) is 36.4 Å². The number of hydrogen-bond donors (Lipinski definition) is 0. The van der Waals surface area contributed by atoms with E-state index >= 15 is 4.39 Å². The molecule has 4 aromatic rings. The number of piperidine rings is 1. The van der Waals surface area contributed by atoms with Crippen LogP contribution in [0.15, 0.2) is 42.6 Å². The highest BCUT2D eigenvalue weighted by Gasteiger charge is 2.50. The van der Waals surface area contributed by atoms with Crippen LogP contribution in [0.25, 0.3) is 32.9 Å². The van der Waals surface area contributed by atoms with Gasteiger partial charge in [0, 0.05) is 47.9 Å². The van der Waals surface area contributed by atoms with Crippen LogP contribution in [0, 0.1) is 17.7 Å². The fourth-order valence-electron chi connectivity index (χ4n) is 8.90. The first-order chi connectivity index (χ1) is 23.4. The summed E-state index contributed by atoms with van der Waals surface area (Å²) in [6, 6.07) is 12.1. The van der Waals surface area contributed by atoms with Gasteiger partial charge in [0.2, 0.25) is 0 Å². The molecule has 8 rings (SSSR count). The molecule has 5 heterocycles. The Balaban J connectivity index is 1.13. The smallest absolute Gasteiger partial charge is 0.319 e. The number of fused-ring (bicyclic) bond motifs is 5. The van der Waals surface area contributed by atoms with Crippen molar-refractivity contribution in [3.05, 3.63) is 53.4 Å². The van der Waals surface area contributed by atoms with Crippen LogP contribution in [-0.4, -0.2) is 72.6 Å². The molecule has 1 saturated carbocycles. The molecule has 0 spiro atoms. The van der Waals surface area contributed by atoms with E-state index in [0.29, 0.717) is 40.5 Å². The number of ether oxygens (including phenoxy) is 1. The summed E-state index contributed by atoms with van der Waals surface area (Å²) in [5.41, 5.74) is 1.06. The van der Waals surface area contributed by atoms with Gasteiger partial charge >= 0.3 is 6.01 Å². The average molecular weight is 702 g/mol. The third-order valence-corrected chi connectivity index (χ3v) is 17.4. The van der Waals surface area contributed by atoms with Crippen LogP contribution < -0.4 is 9.64 Å². The van der Waals surface area contributed by atoms with Crippen LogP contribution >= 0.6 is 11.6 Å². The summed E-state index contributed by atoms with van der Waals surface area (Å²) in [4.78, 5) is 19.5. The second-order valence-corrected chi connectivity index (χ2v) is 21.9. The highest BCUT2D eigenvalue weighted by atomic mass is 35.5. The SMILES string of the molecule is CC(C)(C)[Si](C)(C)OC[C@H]1CC[C@@]2(COc3nc(N4CC5CCC(C5)C4)c4cnc(-c5cccc6cccc(Cl)c56)c(F)c4n3)CCCN12. The van der Waals surface area contributed by atoms with Gasteiger partial charge in [-0.25, -0.2) is 4.39 Å². The van der Waals surface area contributed by atoms with Gasteiger partial charge in [-0.3, -0.25) is 9.88 Å². The second kappa shape index (κ2) is 12.4. The fourth-order valence-corrected chi connectivity index (χ4v) is 10.2. The van der Waals surface area contributed by atoms with E-state index in [-0.39, 0.29) is 27.8 Å². The van der Waals surface area contributed by atoms with E-state index in [1.54, 1.807) is 6.20 Å². The minimum atomic E-state index is -1.85. The Morgan fingerprint density at radius 3 is 2.53 bits per heavy atom. The largest absolute Gasteiger partial charge is 0.461 e. The molecule has 1 aliphatic carbocycles. The first-order valence-electron chi connectivity index (χ1n) is 18.2. The van der Waals surface area contributed by atoms with Crippen molar-refractivity contribution in [1.82, 2.24) is 19.9 Å². The van der Waals surface area contributed by atoms with Gasteiger partial charge in [0.05, 0.1) is 10.9 Å². The molecule has 2 aromatic heterocycles. The van der Waals surface area contributed by atoms with E-state index in [0.717, 1.165) is 68.5 Å². The van der Waals surface area contributed by atoms with Crippen molar-refractivity contribution < 1.29 is 13.6 Å². The number of aromatic nitrogens is 3. The summed E-state index contributed by atoms with van der Waals surface area (Å²) < 4.78 is 30.2. The molecule has 4 atom stereocenters. The minimum Gasteiger partial charge on any atom is -0.461 e. The molecule has 0 amide bonds. The zero-order valence-electron chi connectivity index (χ0n) is 29.6. The second-order valence-electron chi connectivity index (χ2n) is 16.7. The topological polar surface area (TPSA) is 63.6 Å². The van der Waals surface area contributed by atoms with E-state index in [2.05, 4.69) is 43.7 Å². The summed E-state index contributed by atoms with van der Waals surface area (Å²) in [5, 5.41) is 3.10. The van der Waals surface area contributed by atoms with Crippen LogP contribution in [0.4, 0.5) is 10.2 Å². The standard InChI is InChI=1S/C39H49ClFN5O2Si/c1-38(2,3)49(4,5)48-23-28-15-17-39(16-8-18-46(28)39)24-47-37-43-35-30(36(44-37)45-21-25-13-14-26(19-25)22-45)20-42-34(33(35)41)29-11-6-9-27-10-7-12-31(40)32(27)29/h6-7,9-12,20,25-26,28H,8,13-19,21-24H2,1-5H3/t25?,26?,28-,39-/m1/s1. The van der Waals surface area contributed by atoms with Crippen molar-refractivity contribution >= 4 is 47.4 Å². The molecular formula is C39H49ClFN5O2Si. The van der Waals surface area contributed by atoms with Gasteiger partial charge in [-0.15, -0.1) is 0 Å². The van der Waals surface area contributed by atoms with Crippen molar-refractivity contribution in [2.75, 3.05) is 37.7 Å². The Bertz CT molecular complexity index is 1880. The first kappa shape index (κ1) is 33.3. The molecule has 4 aliphatic rings. The summed E-state index contributed by atoms with van der Waals surface area (Å²) in [6.07, 6.45) is 9.85. The summed E-state index contributed by atoms with van der Waals surface area (Å²) >= 11 is 6.67. The number of nitrogens with zero attached hydrogens (tertiary/aromatic N) is 5. The quantitative estimate of drug-likeness (QED) is 0.170. The normalized spacial score (nSPS) is 25.9. The van der Waals surface area contributed by atoms with E-state index in [1.165, 1.54) is 19.3 Å². The van der Waals surface area contributed by atoms with Crippen LogP contribution in [-0.2, 0) is 4.43 Å². The van der Waals surface area contributed by atoms with Crippen LogP contribution in [0.3, 0.4) is 0 Å². The zero-order valence-corrected chi connectivity index (χ0v) is 31.3. The predicted octanol–water partition coefficient (Wildman–Crippen LogP) is 9.27. The molecule has 3 saturated heterocycles. The Kier molecular flexibility index (Phi) is 8.44. The summed E-state index contributed by atoms with van der Waals surface area (Å²) in [5.74, 6) is 1.54. The van der Waals surface area contributed by atoms with Crippen molar-refractivity contribution in [2.24, 2.45) is 11.8 Å². The van der Waals surface area contributed by atoms with E-state index in [4.69, 9.17) is 35.7 Å². The van der Waals surface area contributed by atoms with Gasteiger partial charge in [-0.05, 0) is 92.9 Å². The van der Waals surface area contributed by atoms with Crippen LogP contribution in [0.5, 0.6) is 6.01 Å². The Morgan fingerprint density at radius 2 is 1.78 bits per heavy atom. The lowest BCUT2D eigenvalue weighted by molar-refractivity contribution is 0.0663. The number of anilines is 1. The predicted molar refractivity (Wildman–Crippen MR) is 199 cm³/mol. The molecule has 2 unspecified atom stereocenters. The molecule has 3 aliphatic heterocycles. The number of halogens is 2. The van der Waals surface area contributed by atoms with Crippen molar-refractivity contribution in [3.63, 3.8) is 0 Å². The summed E-state index contributed by atoms with van der Waals surface area (Å²) in [7, 11) is -1.85. The first-order valence-corrected chi connectivity index (χ1v) is 21.5. The Hall–Kier alpha value is -2.85. The monoisotopic (exact) mass is 701 g/mol. The molecule has 10 heteroatoms. The molecule has 49 heavy (non-hydrogen) atoms. The fraction of sp³-hybridized carbons (Fsp3) is 0.564. The molecule has 4 fully saturated rings. The Labute approximate surface area is 295 Å². The maximum atomic E-state index is 16.9. The summed E-state index contributed by atoms with van der Waals surface area (Å²) in [6.45, 7) is 15.7. The van der Waals surface area contributed by atoms with Gasteiger partial charge in [-0.1, -0.05) is 62.7 Å². The van der Waals surface area contributed by atoms with Crippen LogP contribution in [0.1, 0.15) is 65.7 Å². The number of rotatable bonds is 8. The number of benzene rings is 2. The zero-order chi connectivity index (χ0) is 34.1. The molecule has 0 radical (unpaired) electrons. The van der Waals surface area contributed by atoms with Gasteiger partial charge in [0.1, 0.15) is 23.6 Å². The lowest BCUT2D eigenvalue weighted by Crippen LogP contribution is -2.50. The third kappa shape index (κ3) is 5.92. The Morgan fingerprint density at radius 1 is 1.02 bits per heavy atom. The molecule has 260 valence electrons. The van der Waals surface area contributed by atoms with Gasteiger partial charge in [0.15, 0.2) is 14.1 Å². The van der Waals surface area contributed by atoms with Gasteiger partial charge in [0.25, 0.3) is 0 Å².